The standard InChI is InChI=1S/C16H15NO2S2/c1-12-7-8-15-14(11-12)16(20)17(21(15,18)19)10-9-13-5-3-2-4-6-13/h2-8,11H,9-10H2,1H3. The van der Waals surface area contributed by atoms with Crippen LogP contribution in [0.1, 0.15) is 16.7 Å². The molecule has 3 rings (SSSR count). The van der Waals surface area contributed by atoms with Crippen molar-refractivity contribution in [3.63, 3.8) is 0 Å². The third-order valence-electron chi connectivity index (χ3n) is 3.61. The van der Waals surface area contributed by atoms with Gasteiger partial charge in [-0.05, 0) is 31.0 Å². The predicted octanol–water partition coefficient (Wildman–Crippen LogP) is 2.92. The van der Waals surface area contributed by atoms with Gasteiger partial charge in [0.25, 0.3) is 10.0 Å². The molecule has 0 bridgehead atoms. The second-order valence-electron chi connectivity index (χ2n) is 5.12. The van der Waals surface area contributed by atoms with Crippen molar-refractivity contribution in [3.05, 3.63) is 65.2 Å². The third-order valence-corrected chi connectivity index (χ3v) is 6.02. The Morgan fingerprint density at radius 1 is 1.10 bits per heavy atom. The van der Waals surface area contributed by atoms with Crippen LogP contribution in [-0.2, 0) is 16.4 Å². The minimum Gasteiger partial charge on any atom is -0.255 e. The zero-order valence-corrected chi connectivity index (χ0v) is 13.2. The summed E-state index contributed by atoms with van der Waals surface area (Å²) >= 11 is 5.37. The molecule has 0 N–H and O–H groups in total. The summed E-state index contributed by atoms with van der Waals surface area (Å²) in [7, 11) is -3.49. The Kier molecular flexibility index (Phi) is 3.55. The number of benzene rings is 2. The minimum absolute atomic E-state index is 0.325. The molecule has 0 saturated heterocycles. The van der Waals surface area contributed by atoms with Crippen LogP contribution in [0.4, 0.5) is 0 Å². The highest BCUT2D eigenvalue weighted by Crippen LogP contribution is 2.31. The van der Waals surface area contributed by atoms with Crippen molar-refractivity contribution >= 4 is 27.2 Å². The van der Waals surface area contributed by atoms with Gasteiger partial charge in [-0.2, -0.15) is 0 Å². The van der Waals surface area contributed by atoms with Gasteiger partial charge >= 0.3 is 0 Å². The number of hydrogen-bond donors (Lipinski definition) is 0. The summed E-state index contributed by atoms with van der Waals surface area (Å²) < 4.78 is 26.5. The molecule has 0 saturated carbocycles. The van der Waals surface area contributed by atoms with Gasteiger partial charge in [0.05, 0.1) is 4.90 Å². The van der Waals surface area contributed by atoms with Crippen LogP contribution in [0.3, 0.4) is 0 Å². The fourth-order valence-corrected chi connectivity index (χ4v) is 4.67. The highest BCUT2D eigenvalue weighted by Gasteiger charge is 2.37. The Balaban J connectivity index is 1.90. The molecule has 5 heteroatoms. The van der Waals surface area contributed by atoms with E-state index in [-0.39, 0.29) is 0 Å². The van der Waals surface area contributed by atoms with Crippen LogP contribution in [0, 0.1) is 6.92 Å². The summed E-state index contributed by atoms with van der Waals surface area (Å²) in [5.74, 6) is 0. The van der Waals surface area contributed by atoms with Crippen LogP contribution >= 0.6 is 12.2 Å². The lowest BCUT2D eigenvalue weighted by molar-refractivity contribution is 0.533. The van der Waals surface area contributed by atoms with Crippen LogP contribution in [0.15, 0.2) is 53.4 Å². The van der Waals surface area contributed by atoms with E-state index in [9.17, 15) is 8.42 Å². The molecule has 108 valence electrons. The van der Waals surface area contributed by atoms with Crippen molar-refractivity contribution in [2.45, 2.75) is 18.2 Å². The molecule has 0 fully saturated rings. The molecule has 1 heterocycles. The summed E-state index contributed by atoms with van der Waals surface area (Å²) in [6, 6.07) is 15.1. The SMILES string of the molecule is Cc1ccc2c(c1)C(=S)N(CCc1ccccc1)S2(=O)=O. The Bertz CT molecular complexity index is 798. The van der Waals surface area contributed by atoms with Crippen molar-refractivity contribution < 1.29 is 8.42 Å². The molecule has 0 atom stereocenters. The largest absolute Gasteiger partial charge is 0.265 e. The van der Waals surface area contributed by atoms with Crippen molar-refractivity contribution in [3.8, 4) is 0 Å². The first-order valence-electron chi connectivity index (χ1n) is 6.72. The zero-order chi connectivity index (χ0) is 15.0. The van der Waals surface area contributed by atoms with Gasteiger partial charge in [0, 0.05) is 12.1 Å². The second-order valence-corrected chi connectivity index (χ2v) is 7.33. The molecule has 21 heavy (non-hydrogen) atoms. The zero-order valence-electron chi connectivity index (χ0n) is 11.6. The summed E-state index contributed by atoms with van der Waals surface area (Å²) in [6.45, 7) is 2.31. The van der Waals surface area contributed by atoms with E-state index in [1.165, 1.54) is 4.31 Å². The number of fused-ring (bicyclic) bond motifs is 1. The van der Waals surface area contributed by atoms with E-state index in [0.29, 0.717) is 28.4 Å². The average molecular weight is 317 g/mol. The topological polar surface area (TPSA) is 37.4 Å². The lowest BCUT2D eigenvalue weighted by atomic mass is 10.1. The van der Waals surface area contributed by atoms with E-state index in [0.717, 1.165) is 11.1 Å². The minimum atomic E-state index is -3.49. The van der Waals surface area contributed by atoms with Crippen LogP contribution < -0.4 is 0 Å². The van der Waals surface area contributed by atoms with Gasteiger partial charge in [0.2, 0.25) is 0 Å². The van der Waals surface area contributed by atoms with E-state index in [1.807, 2.05) is 43.3 Å². The van der Waals surface area contributed by atoms with Crippen LogP contribution in [0.5, 0.6) is 0 Å². The summed E-state index contributed by atoms with van der Waals surface area (Å²) in [5, 5.41) is 0. The number of nitrogens with zero attached hydrogens (tertiary/aromatic N) is 1. The molecule has 0 radical (unpaired) electrons. The molecular formula is C16H15NO2S2. The lowest BCUT2D eigenvalue weighted by Gasteiger charge is -2.16. The van der Waals surface area contributed by atoms with Gasteiger partial charge in [-0.15, -0.1) is 0 Å². The highest BCUT2D eigenvalue weighted by molar-refractivity contribution is 7.92. The molecule has 3 nitrogen and oxygen atoms in total. The molecular weight excluding hydrogens is 302 g/mol. The molecule has 2 aromatic rings. The number of aryl methyl sites for hydroxylation is 1. The summed E-state index contributed by atoms with van der Waals surface area (Å²) in [5.41, 5.74) is 2.76. The van der Waals surface area contributed by atoms with Crippen molar-refractivity contribution in [2.24, 2.45) is 0 Å². The Morgan fingerprint density at radius 2 is 1.81 bits per heavy atom. The average Bonchev–Trinajstić information content (AvgIpc) is 2.65. The Morgan fingerprint density at radius 3 is 2.52 bits per heavy atom. The fraction of sp³-hybridized carbons (Fsp3) is 0.188. The van der Waals surface area contributed by atoms with E-state index in [2.05, 4.69) is 0 Å². The maximum atomic E-state index is 12.6. The number of thiocarbonyl (C=S) groups is 1. The highest BCUT2D eigenvalue weighted by atomic mass is 32.2. The first kappa shape index (κ1) is 14.2. The molecule has 0 amide bonds. The quantitative estimate of drug-likeness (QED) is 0.817. The maximum Gasteiger partial charge on any atom is 0.265 e. The third kappa shape index (κ3) is 2.47. The van der Waals surface area contributed by atoms with E-state index in [4.69, 9.17) is 12.2 Å². The summed E-state index contributed by atoms with van der Waals surface area (Å²) in [6.07, 6.45) is 0.646. The van der Waals surface area contributed by atoms with Gasteiger partial charge < -0.3 is 0 Å². The second kappa shape index (κ2) is 5.24. The van der Waals surface area contributed by atoms with Gasteiger partial charge in [-0.3, -0.25) is 4.31 Å². The monoisotopic (exact) mass is 317 g/mol. The molecule has 1 aliphatic heterocycles. The van der Waals surface area contributed by atoms with Crippen molar-refractivity contribution in [1.82, 2.24) is 4.31 Å². The molecule has 1 aliphatic rings. The maximum absolute atomic E-state index is 12.6. The predicted molar refractivity (Wildman–Crippen MR) is 86.9 cm³/mol. The van der Waals surface area contributed by atoms with Crippen molar-refractivity contribution in [2.75, 3.05) is 6.54 Å². The van der Waals surface area contributed by atoms with Gasteiger partial charge in [-0.25, -0.2) is 8.42 Å². The fourth-order valence-electron chi connectivity index (χ4n) is 2.50. The summed E-state index contributed by atoms with van der Waals surface area (Å²) in [4.78, 5) is 0.732. The van der Waals surface area contributed by atoms with E-state index < -0.39 is 10.0 Å². The molecule has 2 aromatic carbocycles. The Hall–Kier alpha value is -1.72. The van der Waals surface area contributed by atoms with Crippen LogP contribution in [0.2, 0.25) is 0 Å². The van der Waals surface area contributed by atoms with Crippen molar-refractivity contribution in [1.29, 1.82) is 0 Å². The van der Waals surface area contributed by atoms with Crippen LogP contribution in [0.25, 0.3) is 0 Å². The molecule has 0 spiro atoms. The first-order valence-corrected chi connectivity index (χ1v) is 8.56. The van der Waals surface area contributed by atoms with Gasteiger partial charge in [0.15, 0.2) is 0 Å². The van der Waals surface area contributed by atoms with Crippen LogP contribution in [-0.4, -0.2) is 24.3 Å². The molecule has 0 aromatic heterocycles. The molecule has 0 unspecified atom stereocenters. The smallest absolute Gasteiger partial charge is 0.255 e. The van der Waals surface area contributed by atoms with E-state index >= 15 is 0 Å². The van der Waals surface area contributed by atoms with E-state index in [1.54, 1.807) is 12.1 Å². The van der Waals surface area contributed by atoms with Gasteiger partial charge in [-0.1, -0.05) is 54.2 Å². The Labute approximate surface area is 130 Å². The number of hydrogen-bond acceptors (Lipinski definition) is 3. The first-order chi connectivity index (χ1) is 10.00. The number of rotatable bonds is 3. The molecule has 0 aliphatic carbocycles. The lowest BCUT2D eigenvalue weighted by Crippen LogP contribution is -2.31. The number of sulfonamides is 1. The normalized spacial score (nSPS) is 16.0. The van der Waals surface area contributed by atoms with Gasteiger partial charge in [0.1, 0.15) is 4.99 Å².